The number of carbonyl (C=O) groups is 1. The lowest BCUT2D eigenvalue weighted by Crippen LogP contribution is -2.47. The van der Waals surface area contributed by atoms with Gasteiger partial charge >= 0.3 is 0 Å². The summed E-state index contributed by atoms with van der Waals surface area (Å²) < 4.78 is 0. The van der Waals surface area contributed by atoms with Crippen molar-refractivity contribution in [2.75, 3.05) is 26.7 Å². The molecule has 4 nitrogen and oxygen atoms in total. The van der Waals surface area contributed by atoms with Crippen LogP contribution in [0.1, 0.15) is 46.5 Å². The molecule has 0 saturated carbocycles. The molecule has 0 spiro atoms. The third-order valence-electron chi connectivity index (χ3n) is 4.81. The standard InChI is InChI=1S/C15H29N3O/c1-5-6-13-14(19)18(12(2)16-13)11-15(3)7-9-17(4)10-8-15/h12-13,16H,5-11H2,1-4H3. The molecule has 2 aliphatic heterocycles. The van der Waals surface area contributed by atoms with E-state index in [4.69, 9.17) is 0 Å². The predicted octanol–water partition coefficient (Wildman–Crippen LogP) is 1.66. The topological polar surface area (TPSA) is 35.6 Å². The van der Waals surface area contributed by atoms with Gasteiger partial charge in [-0.05, 0) is 51.7 Å². The second-order valence-electron chi connectivity index (χ2n) is 6.76. The summed E-state index contributed by atoms with van der Waals surface area (Å²) in [6, 6.07) is 0.0508. The summed E-state index contributed by atoms with van der Waals surface area (Å²) in [7, 11) is 2.18. The van der Waals surface area contributed by atoms with Crippen molar-refractivity contribution in [3.05, 3.63) is 0 Å². The van der Waals surface area contributed by atoms with Gasteiger partial charge < -0.3 is 9.80 Å². The molecule has 2 aliphatic rings. The number of rotatable bonds is 4. The number of carbonyl (C=O) groups excluding carboxylic acids is 1. The van der Waals surface area contributed by atoms with E-state index in [0.29, 0.717) is 11.3 Å². The number of piperidine rings is 1. The monoisotopic (exact) mass is 267 g/mol. The molecule has 0 aromatic rings. The third kappa shape index (κ3) is 3.29. The maximum atomic E-state index is 12.4. The Hall–Kier alpha value is -0.610. The van der Waals surface area contributed by atoms with Crippen LogP contribution in [0.3, 0.4) is 0 Å². The fourth-order valence-corrected chi connectivity index (χ4v) is 3.28. The fraction of sp³-hybridized carbons (Fsp3) is 0.933. The largest absolute Gasteiger partial charge is 0.326 e. The Labute approximate surface area is 117 Å². The van der Waals surface area contributed by atoms with E-state index in [9.17, 15) is 4.79 Å². The van der Waals surface area contributed by atoms with Gasteiger partial charge in [0.2, 0.25) is 5.91 Å². The van der Waals surface area contributed by atoms with Crippen molar-refractivity contribution in [1.82, 2.24) is 15.1 Å². The molecule has 1 N–H and O–H groups in total. The van der Waals surface area contributed by atoms with Gasteiger partial charge in [0.05, 0.1) is 12.2 Å². The van der Waals surface area contributed by atoms with Gasteiger partial charge in [-0.1, -0.05) is 20.3 Å². The number of nitrogens with zero attached hydrogens (tertiary/aromatic N) is 2. The van der Waals surface area contributed by atoms with Gasteiger partial charge in [-0.3, -0.25) is 10.1 Å². The number of hydrogen-bond acceptors (Lipinski definition) is 3. The normalized spacial score (nSPS) is 32.0. The molecule has 0 aromatic carbocycles. The molecule has 110 valence electrons. The lowest BCUT2D eigenvalue weighted by Gasteiger charge is -2.41. The lowest BCUT2D eigenvalue weighted by atomic mass is 9.80. The van der Waals surface area contributed by atoms with E-state index >= 15 is 0 Å². The Morgan fingerprint density at radius 1 is 1.37 bits per heavy atom. The van der Waals surface area contributed by atoms with Crippen molar-refractivity contribution in [3.63, 3.8) is 0 Å². The lowest BCUT2D eigenvalue weighted by molar-refractivity contribution is -0.131. The molecule has 0 radical (unpaired) electrons. The predicted molar refractivity (Wildman–Crippen MR) is 77.8 cm³/mol. The average Bonchev–Trinajstić information content (AvgIpc) is 2.62. The second-order valence-corrected chi connectivity index (χ2v) is 6.76. The minimum absolute atomic E-state index is 0.0508. The van der Waals surface area contributed by atoms with Crippen LogP contribution in [0, 0.1) is 5.41 Å². The minimum Gasteiger partial charge on any atom is -0.326 e. The van der Waals surface area contributed by atoms with Crippen molar-refractivity contribution in [2.24, 2.45) is 5.41 Å². The molecule has 2 fully saturated rings. The fourth-order valence-electron chi connectivity index (χ4n) is 3.28. The first-order chi connectivity index (χ1) is 8.95. The molecule has 0 aromatic heterocycles. The summed E-state index contributed by atoms with van der Waals surface area (Å²) in [6.07, 6.45) is 4.60. The molecule has 0 bridgehead atoms. The Kier molecular flexibility index (Phi) is 4.51. The zero-order valence-corrected chi connectivity index (χ0v) is 12.9. The van der Waals surface area contributed by atoms with Gasteiger partial charge in [0, 0.05) is 6.54 Å². The first-order valence-corrected chi connectivity index (χ1v) is 7.70. The van der Waals surface area contributed by atoms with E-state index in [-0.39, 0.29) is 12.2 Å². The Balaban J connectivity index is 1.96. The summed E-state index contributed by atoms with van der Waals surface area (Å²) in [6.45, 7) is 9.81. The SMILES string of the molecule is CCCC1NC(C)N(CC2(C)CCN(C)CC2)C1=O. The molecule has 19 heavy (non-hydrogen) atoms. The highest BCUT2D eigenvalue weighted by Gasteiger charge is 2.40. The summed E-state index contributed by atoms with van der Waals surface area (Å²) in [4.78, 5) is 16.9. The smallest absolute Gasteiger partial charge is 0.241 e. The quantitative estimate of drug-likeness (QED) is 0.841. The van der Waals surface area contributed by atoms with Gasteiger partial charge in [-0.25, -0.2) is 0 Å². The van der Waals surface area contributed by atoms with Gasteiger partial charge in [-0.2, -0.15) is 0 Å². The highest BCUT2D eigenvalue weighted by Crippen LogP contribution is 2.33. The van der Waals surface area contributed by atoms with Gasteiger partial charge in [-0.15, -0.1) is 0 Å². The Morgan fingerprint density at radius 3 is 2.58 bits per heavy atom. The average molecular weight is 267 g/mol. The van der Waals surface area contributed by atoms with Crippen LogP contribution < -0.4 is 5.32 Å². The maximum Gasteiger partial charge on any atom is 0.241 e. The molecule has 2 rings (SSSR count). The molecular formula is C15H29N3O. The first kappa shape index (κ1) is 14.8. The summed E-state index contributed by atoms with van der Waals surface area (Å²) in [5, 5.41) is 3.44. The van der Waals surface area contributed by atoms with Crippen LogP contribution in [0.2, 0.25) is 0 Å². The Bertz CT molecular complexity index is 323. The van der Waals surface area contributed by atoms with Gasteiger partial charge in [0.25, 0.3) is 0 Å². The van der Waals surface area contributed by atoms with E-state index in [2.05, 4.69) is 42.9 Å². The summed E-state index contributed by atoms with van der Waals surface area (Å²) >= 11 is 0. The molecular weight excluding hydrogens is 238 g/mol. The van der Waals surface area contributed by atoms with E-state index in [1.807, 2.05) is 0 Å². The van der Waals surface area contributed by atoms with E-state index in [1.165, 1.54) is 12.8 Å². The highest BCUT2D eigenvalue weighted by molar-refractivity contribution is 5.84. The Morgan fingerprint density at radius 2 is 2.00 bits per heavy atom. The molecule has 0 aliphatic carbocycles. The van der Waals surface area contributed by atoms with Gasteiger partial charge in [0.15, 0.2) is 0 Å². The summed E-state index contributed by atoms with van der Waals surface area (Å²) in [5.41, 5.74) is 0.291. The maximum absolute atomic E-state index is 12.4. The molecule has 2 atom stereocenters. The van der Waals surface area contributed by atoms with Crippen LogP contribution in [0.15, 0.2) is 0 Å². The number of likely N-dealkylation sites (tertiary alicyclic amines) is 1. The van der Waals surface area contributed by atoms with Crippen LogP contribution in [0.4, 0.5) is 0 Å². The van der Waals surface area contributed by atoms with Crippen LogP contribution in [-0.2, 0) is 4.79 Å². The molecule has 2 saturated heterocycles. The number of amides is 1. The van der Waals surface area contributed by atoms with Crippen molar-refractivity contribution in [3.8, 4) is 0 Å². The van der Waals surface area contributed by atoms with Crippen LogP contribution in [-0.4, -0.2) is 54.6 Å². The number of nitrogens with one attached hydrogen (secondary N) is 1. The third-order valence-corrected chi connectivity index (χ3v) is 4.81. The zero-order chi connectivity index (χ0) is 14.0. The van der Waals surface area contributed by atoms with E-state index in [0.717, 1.165) is 32.5 Å². The van der Waals surface area contributed by atoms with Crippen molar-refractivity contribution < 1.29 is 4.79 Å². The van der Waals surface area contributed by atoms with E-state index in [1.54, 1.807) is 0 Å². The van der Waals surface area contributed by atoms with Crippen LogP contribution in [0.25, 0.3) is 0 Å². The van der Waals surface area contributed by atoms with Crippen molar-refractivity contribution >= 4 is 5.91 Å². The summed E-state index contributed by atoms with van der Waals surface area (Å²) in [5.74, 6) is 0.314. The zero-order valence-electron chi connectivity index (χ0n) is 12.9. The molecule has 4 heteroatoms. The molecule has 2 unspecified atom stereocenters. The van der Waals surface area contributed by atoms with Crippen molar-refractivity contribution in [2.45, 2.75) is 58.7 Å². The van der Waals surface area contributed by atoms with Crippen molar-refractivity contribution in [1.29, 1.82) is 0 Å². The van der Waals surface area contributed by atoms with Gasteiger partial charge in [0.1, 0.15) is 0 Å². The minimum atomic E-state index is 0.0508. The number of hydrogen-bond donors (Lipinski definition) is 1. The highest BCUT2D eigenvalue weighted by atomic mass is 16.2. The molecule has 1 amide bonds. The van der Waals surface area contributed by atoms with Crippen LogP contribution in [0.5, 0.6) is 0 Å². The molecule has 2 heterocycles. The second kappa shape index (κ2) is 5.80. The van der Waals surface area contributed by atoms with E-state index < -0.39 is 0 Å². The van der Waals surface area contributed by atoms with Crippen LogP contribution >= 0.6 is 0 Å². The first-order valence-electron chi connectivity index (χ1n) is 7.70.